The molecule has 0 unspecified atom stereocenters. The van der Waals surface area contributed by atoms with Crippen LogP contribution >= 0.6 is 23.2 Å². The SMILES string of the molecule is OCC1CCC(n2cnc3c(Cl)nc(Cl)nc32)CC1. The Hall–Kier alpha value is -0.910. The van der Waals surface area contributed by atoms with Crippen LogP contribution in [-0.4, -0.2) is 31.2 Å². The van der Waals surface area contributed by atoms with E-state index in [9.17, 15) is 5.11 Å². The quantitative estimate of drug-likeness (QED) is 0.684. The van der Waals surface area contributed by atoms with E-state index in [2.05, 4.69) is 15.0 Å². The Morgan fingerprint density at radius 3 is 2.63 bits per heavy atom. The highest BCUT2D eigenvalue weighted by Crippen LogP contribution is 2.34. The van der Waals surface area contributed by atoms with E-state index in [0.717, 1.165) is 25.7 Å². The van der Waals surface area contributed by atoms with Crippen molar-refractivity contribution in [3.05, 3.63) is 16.8 Å². The summed E-state index contributed by atoms with van der Waals surface area (Å²) in [5.41, 5.74) is 1.28. The molecule has 1 aliphatic carbocycles. The molecule has 0 spiro atoms. The Kier molecular flexibility index (Phi) is 3.60. The Balaban J connectivity index is 1.93. The third-order valence-electron chi connectivity index (χ3n) is 3.82. The van der Waals surface area contributed by atoms with Gasteiger partial charge in [0.05, 0.1) is 6.33 Å². The molecule has 0 saturated heterocycles. The van der Waals surface area contributed by atoms with Crippen LogP contribution in [0.5, 0.6) is 0 Å². The van der Waals surface area contributed by atoms with Gasteiger partial charge in [0.2, 0.25) is 5.28 Å². The molecule has 0 radical (unpaired) electrons. The van der Waals surface area contributed by atoms with Crippen molar-refractivity contribution in [2.24, 2.45) is 5.92 Å². The van der Waals surface area contributed by atoms with Gasteiger partial charge in [-0.3, -0.25) is 0 Å². The molecule has 7 heteroatoms. The van der Waals surface area contributed by atoms with Crippen molar-refractivity contribution in [3.63, 3.8) is 0 Å². The Morgan fingerprint density at radius 2 is 1.95 bits per heavy atom. The second kappa shape index (κ2) is 5.23. The molecule has 1 fully saturated rings. The number of imidazole rings is 1. The number of aromatic nitrogens is 4. The van der Waals surface area contributed by atoms with Gasteiger partial charge in [0.25, 0.3) is 0 Å². The van der Waals surface area contributed by atoms with E-state index >= 15 is 0 Å². The number of nitrogens with zero attached hydrogens (tertiary/aromatic N) is 4. The number of rotatable bonds is 2. The Bertz CT molecular complexity index is 593. The van der Waals surface area contributed by atoms with Crippen LogP contribution in [-0.2, 0) is 0 Å². The van der Waals surface area contributed by atoms with Crippen molar-refractivity contribution in [3.8, 4) is 0 Å². The summed E-state index contributed by atoms with van der Waals surface area (Å²) in [7, 11) is 0. The summed E-state index contributed by atoms with van der Waals surface area (Å²) in [5.74, 6) is 0.424. The summed E-state index contributed by atoms with van der Waals surface area (Å²) in [6.07, 6.45) is 5.82. The average Bonchev–Trinajstić information content (AvgIpc) is 2.83. The zero-order chi connectivity index (χ0) is 13.4. The summed E-state index contributed by atoms with van der Waals surface area (Å²) in [5, 5.41) is 9.61. The molecule has 0 amide bonds. The number of hydrogen-bond acceptors (Lipinski definition) is 4. The lowest BCUT2D eigenvalue weighted by molar-refractivity contribution is 0.169. The Morgan fingerprint density at radius 1 is 1.21 bits per heavy atom. The maximum atomic E-state index is 9.18. The minimum Gasteiger partial charge on any atom is -0.396 e. The van der Waals surface area contributed by atoms with Crippen LogP contribution < -0.4 is 0 Å². The number of fused-ring (bicyclic) bond motifs is 1. The fourth-order valence-corrected chi connectivity index (χ4v) is 3.15. The first-order chi connectivity index (χ1) is 9.19. The van der Waals surface area contributed by atoms with E-state index in [0.29, 0.717) is 23.1 Å². The smallest absolute Gasteiger partial charge is 0.225 e. The van der Waals surface area contributed by atoms with Gasteiger partial charge in [-0.1, -0.05) is 11.6 Å². The highest BCUT2D eigenvalue weighted by Gasteiger charge is 2.24. The molecular formula is C12H14Cl2N4O. The maximum Gasteiger partial charge on any atom is 0.225 e. The second-order valence-corrected chi connectivity index (χ2v) is 5.66. The highest BCUT2D eigenvalue weighted by molar-refractivity contribution is 6.35. The van der Waals surface area contributed by atoms with Gasteiger partial charge in [-0.05, 0) is 43.2 Å². The van der Waals surface area contributed by atoms with Crippen molar-refractivity contribution in [2.75, 3.05) is 6.61 Å². The molecule has 2 aromatic heterocycles. The maximum absolute atomic E-state index is 9.18. The van der Waals surface area contributed by atoms with Gasteiger partial charge >= 0.3 is 0 Å². The van der Waals surface area contributed by atoms with E-state index in [4.69, 9.17) is 23.2 Å². The van der Waals surface area contributed by atoms with E-state index in [1.807, 2.05) is 4.57 Å². The summed E-state index contributed by atoms with van der Waals surface area (Å²) in [6.45, 7) is 0.275. The fourth-order valence-electron chi connectivity index (χ4n) is 2.73. The molecular weight excluding hydrogens is 287 g/mol. The van der Waals surface area contributed by atoms with Gasteiger partial charge in [0, 0.05) is 12.6 Å². The lowest BCUT2D eigenvalue weighted by Gasteiger charge is -2.28. The number of aliphatic hydroxyl groups is 1. The third-order valence-corrected chi connectivity index (χ3v) is 4.25. The van der Waals surface area contributed by atoms with Crippen LogP contribution in [0.4, 0.5) is 0 Å². The van der Waals surface area contributed by atoms with Gasteiger partial charge in [-0.2, -0.15) is 4.98 Å². The molecule has 0 aromatic carbocycles. The van der Waals surface area contributed by atoms with Gasteiger partial charge in [0.1, 0.15) is 5.52 Å². The highest BCUT2D eigenvalue weighted by atomic mass is 35.5. The molecule has 0 atom stereocenters. The molecule has 19 heavy (non-hydrogen) atoms. The Labute approximate surface area is 120 Å². The topological polar surface area (TPSA) is 63.8 Å². The minimum atomic E-state index is 0.142. The van der Waals surface area contributed by atoms with Gasteiger partial charge < -0.3 is 9.67 Å². The molecule has 0 aliphatic heterocycles. The molecule has 5 nitrogen and oxygen atoms in total. The largest absolute Gasteiger partial charge is 0.396 e. The van der Waals surface area contributed by atoms with E-state index in [-0.39, 0.29) is 17.0 Å². The number of halogens is 2. The van der Waals surface area contributed by atoms with Crippen LogP contribution in [0.15, 0.2) is 6.33 Å². The number of hydrogen-bond donors (Lipinski definition) is 1. The van der Waals surface area contributed by atoms with Crippen LogP contribution in [0.25, 0.3) is 11.2 Å². The second-order valence-electron chi connectivity index (χ2n) is 4.96. The first-order valence-electron chi connectivity index (χ1n) is 6.35. The van der Waals surface area contributed by atoms with Gasteiger partial charge in [-0.15, -0.1) is 0 Å². The molecule has 3 rings (SSSR count). The minimum absolute atomic E-state index is 0.142. The first kappa shape index (κ1) is 13.1. The van der Waals surface area contributed by atoms with Crippen molar-refractivity contribution in [1.82, 2.24) is 19.5 Å². The monoisotopic (exact) mass is 300 g/mol. The molecule has 102 valence electrons. The zero-order valence-electron chi connectivity index (χ0n) is 10.3. The summed E-state index contributed by atoms with van der Waals surface area (Å²) in [4.78, 5) is 12.4. The van der Waals surface area contributed by atoms with E-state index in [1.54, 1.807) is 6.33 Å². The lowest BCUT2D eigenvalue weighted by atomic mass is 9.86. The first-order valence-corrected chi connectivity index (χ1v) is 7.11. The van der Waals surface area contributed by atoms with Crippen molar-refractivity contribution >= 4 is 34.4 Å². The predicted molar refractivity (Wildman–Crippen MR) is 73.4 cm³/mol. The van der Waals surface area contributed by atoms with Gasteiger partial charge in [-0.25, -0.2) is 9.97 Å². The third kappa shape index (κ3) is 2.42. The van der Waals surface area contributed by atoms with E-state index in [1.165, 1.54) is 0 Å². The van der Waals surface area contributed by atoms with Crippen molar-refractivity contribution in [1.29, 1.82) is 0 Å². The molecule has 2 heterocycles. The predicted octanol–water partition coefficient (Wildman–Crippen LogP) is 2.86. The van der Waals surface area contributed by atoms with Crippen LogP contribution in [0.1, 0.15) is 31.7 Å². The molecule has 2 aromatic rings. The average molecular weight is 301 g/mol. The summed E-state index contributed by atoms with van der Waals surface area (Å²) >= 11 is 11.9. The van der Waals surface area contributed by atoms with Crippen LogP contribution in [0.2, 0.25) is 10.4 Å². The molecule has 1 N–H and O–H groups in total. The van der Waals surface area contributed by atoms with Gasteiger partial charge in [0.15, 0.2) is 10.8 Å². The lowest BCUT2D eigenvalue weighted by Crippen LogP contribution is -2.20. The van der Waals surface area contributed by atoms with Crippen LogP contribution in [0.3, 0.4) is 0 Å². The number of aliphatic hydroxyl groups excluding tert-OH is 1. The molecule has 1 aliphatic rings. The summed E-state index contributed by atoms with van der Waals surface area (Å²) < 4.78 is 2.03. The molecule has 0 bridgehead atoms. The summed E-state index contributed by atoms with van der Waals surface area (Å²) in [6, 6.07) is 0.342. The van der Waals surface area contributed by atoms with E-state index < -0.39 is 0 Å². The zero-order valence-corrected chi connectivity index (χ0v) is 11.8. The normalized spacial score (nSPS) is 23.9. The van der Waals surface area contributed by atoms with Crippen LogP contribution in [0, 0.1) is 5.92 Å². The standard InChI is InChI=1S/C12H14Cl2N4O/c13-10-9-11(17-12(14)16-10)18(6-15-9)8-3-1-7(5-19)2-4-8/h6-8,19H,1-5H2. The molecule has 1 saturated carbocycles. The van der Waals surface area contributed by atoms with Crippen molar-refractivity contribution < 1.29 is 5.11 Å². The van der Waals surface area contributed by atoms with Crippen molar-refractivity contribution in [2.45, 2.75) is 31.7 Å². The fraction of sp³-hybridized carbons (Fsp3) is 0.583.